The van der Waals surface area contributed by atoms with Gasteiger partial charge in [0.1, 0.15) is 17.8 Å². The number of amides is 1. The van der Waals surface area contributed by atoms with E-state index in [1.807, 2.05) is 0 Å². The molecule has 31 heavy (non-hydrogen) atoms. The van der Waals surface area contributed by atoms with Crippen molar-refractivity contribution in [2.24, 2.45) is 0 Å². The van der Waals surface area contributed by atoms with Gasteiger partial charge in [0.15, 0.2) is 0 Å². The number of esters is 1. The maximum atomic E-state index is 12.5. The molecule has 1 aliphatic heterocycles. The van der Waals surface area contributed by atoms with E-state index in [2.05, 4.69) is 9.97 Å². The first-order valence-corrected chi connectivity index (χ1v) is 10.4. The predicted octanol–water partition coefficient (Wildman–Crippen LogP) is 3.20. The van der Waals surface area contributed by atoms with Gasteiger partial charge in [-0.2, -0.15) is 4.98 Å². The van der Waals surface area contributed by atoms with Gasteiger partial charge < -0.3 is 19.3 Å². The highest BCUT2D eigenvalue weighted by Crippen LogP contribution is 2.33. The van der Waals surface area contributed by atoms with Crippen LogP contribution in [0.15, 0.2) is 6.20 Å². The van der Waals surface area contributed by atoms with Crippen molar-refractivity contribution in [1.29, 1.82) is 0 Å². The molecule has 0 aliphatic carbocycles. The van der Waals surface area contributed by atoms with Crippen molar-refractivity contribution < 1.29 is 24.0 Å². The minimum atomic E-state index is -0.812. The van der Waals surface area contributed by atoms with Crippen LogP contribution in [0.5, 0.6) is 0 Å². The van der Waals surface area contributed by atoms with Crippen molar-refractivity contribution in [3.8, 4) is 0 Å². The number of nitro groups is 1. The largest absolute Gasteiger partial charge is 0.467 e. The van der Waals surface area contributed by atoms with Gasteiger partial charge in [0, 0.05) is 19.1 Å². The SMILES string of the molecule is CCC(C(=O)OC)N(c1nc(Cl)ncc1[N+](=O)[O-])C1CCN(C(=O)OC(C)(C)C)CC1. The minimum Gasteiger partial charge on any atom is -0.467 e. The van der Waals surface area contributed by atoms with Crippen LogP contribution in [0.1, 0.15) is 47.0 Å². The Kier molecular flexibility index (Phi) is 7.99. The van der Waals surface area contributed by atoms with Crippen LogP contribution in [-0.4, -0.2) is 69.7 Å². The van der Waals surface area contributed by atoms with Crippen LogP contribution in [0.2, 0.25) is 5.28 Å². The van der Waals surface area contributed by atoms with Crippen molar-refractivity contribution in [2.75, 3.05) is 25.1 Å². The Labute approximate surface area is 185 Å². The average molecular weight is 458 g/mol. The molecular formula is C19H28ClN5O6. The van der Waals surface area contributed by atoms with Crippen molar-refractivity contribution >= 4 is 35.2 Å². The quantitative estimate of drug-likeness (QED) is 0.273. The van der Waals surface area contributed by atoms with E-state index >= 15 is 0 Å². The van der Waals surface area contributed by atoms with Crippen LogP contribution in [0.25, 0.3) is 0 Å². The molecule has 1 atom stereocenters. The molecule has 1 saturated heterocycles. The zero-order valence-electron chi connectivity index (χ0n) is 18.3. The Hall–Kier alpha value is -2.69. The summed E-state index contributed by atoms with van der Waals surface area (Å²) in [5.41, 5.74) is -0.974. The van der Waals surface area contributed by atoms with Gasteiger partial charge in [0.05, 0.1) is 12.0 Å². The second kappa shape index (κ2) is 10.1. The number of halogens is 1. The molecule has 0 radical (unpaired) electrons. The summed E-state index contributed by atoms with van der Waals surface area (Å²) in [6, 6.07) is -1.12. The molecule has 1 aromatic rings. The van der Waals surface area contributed by atoms with E-state index < -0.39 is 28.6 Å². The van der Waals surface area contributed by atoms with Crippen LogP contribution in [0.4, 0.5) is 16.3 Å². The summed E-state index contributed by atoms with van der Waals surface area (Å²) in [6.45, 7) is 7.87. The third-order valence-electron chi connectivity index (χ3n) is 4.87. The lowest BCUT2D eigenvalue weighted by Crippen LogP contribution is -2.53. The maximum absolute atomic E-state index is 12.5. The monoisotopic (exact) mass is 457 g/mol. The highest BCUT2D eigenvalue weighted by atomic mass is 35.5. The van der Waals surface area contributed by atoms with E-state index in [0.29, 0.717) is 32.4 Å². The fourth-order valence-electron chi connectivity index (χ4n) is 3.51. The molecule has 2 rings (SSSR count). The molecule has 11 nitrogen and oxygen atoms in total. The molecular weight excluding hydrogens is 430 g/mol. The molecule has 0 saturated carbocycles. The van der Waals surface area contributed by atoms with Crippen LogP contribution in [-0.2, 0) is 14.3 Å². The number of nitrogens with zero attached hydrogens (tertiary/aromatic N) is 5. The molecule has 1 unspecified atom stereocenters. The number of anilines is 1. The first-order chi connectivity index (χ1) is 14.5. The number of ether oxygens (including phenoxy) is 2. The Balaban J connectivity index is 2.36. The number of piperidine rings is 1. The van der Waals surface area contributed by atoms with Gasteiger partial charge in [-0.3, -0.25) is 10.1 Å². The zero-order chi connectivity index (χ0) is 23.3. The standard InChI is InChI=1S/C19H28ClN5O6/c1-6-13(16(26)30-5)24(15-14(25(28)29)11-21-17(20)22-15)12-7-9-23(10-8-12)18(27)31-19(2,3)4/h11-13H,6-10H2,1-5H3. The minimum absolute atomic E-state index is 0.0435. The first-order valence-electron chi connectivity index (χ1n) is 9.99. The lowest BCUT2D eigenvalue weighted by Gasteiger charge is -2.41. The van der Waals surface area contributed by atoms with Crippen molar-refractivity contribution in [3.63, 3.8) is 0 Å². The number of methoxy groups -OCH3 is 1. The fourth-order valence-corrected chi connectivity index (χ4v) is 3.63. The van der Waals surface area contributed by atoms with E-state index in [9.17, 15) is 19.7 Å². The number of hydrogen-bond acceptors (Lipinski definition) is 9. The van der Waals surface area contributed by atoms with E-state index in [1.165, 1.54) is 7.11 Å². The topological polar surface area (TPSA) is 128 Å². The van der Waals surface area contributed by atoms with E-state index in [0.717, 1.165) is 6.20 Å². The van der Waals surface area contributed by atoms with Gasteiger partial charge in [-0.25, -0.2) is 14.6 Å². The summed E-state index contributed by atoms with van der Waals surface area (Å²) < 4.78 is 10.3. The molecule has 1 amide bonds. The van der Waals surface area contributed by atoms with Gasteiger partial charge in [-0.1, -0.05) is 6.92 Å². The van der Waals surface area contributed by atoms with Crippen molar-refractivity contribution in [1.82, 2.24) is 14.9 Å². The van der Waals surface area contributed by atoms with E-state index in [1.54, 1.807) is 37.5 Å². The van der Waals surface area contributed by atoms with Crippen molar-refractivity contribution in [3.05, 3.63) is 21.6 Å². The third-order valence-corrected chi connectivity index (χ3v) is 5.05. The summed E-state index contributed by atoms with van der Waals surface area (Å²) >= 11 is 5.93. The number of carbonyl (C=O) groups excluding carboxylic acids is 2. The third kappa shape index (κ3) is 6.16. The van der Waals surface area contributed by atoms with Crippen molar-refractivity contribution in [2.45, 2.75) is 64.6 Å². The molecule has 12 heteroatoms. The fraction of sp³-hybridized carbons (Fsp3) is 0.684. The number of aromatic nitrogens is 2. The van der Waals surface area contributed by atoms with Gasteiger partial charge in [-0.15, -0.1) is 0 Å². The lowest BCUT2D eigenvalue weighted by atomic mass is 10.00. The van der Waals surface area contributed by atoms with Gasteiger partial charge in [-0.05, 0) is 51.6 Å². The molecule has 0 bridgehead atoms. The lowest BCUT2D eigenvalue weighted by molar-refractivity contribution is -0.384. The molecule has 1 aromatic heterocycles. The summed E-state index contributed by atoms with van der Waals surface area (Å²) in [5.74, 6) is -0.584. The Bertz CT molecular complexity index is 822. The van der Waals surface area contributed by atoms with Crippen LogP contribution in [0.3, 0.4) is 0 Å². The molecule has 172 valence electrons. The van der Waals surface area contributed by atoms with Gasteiger partial charge >= 0.3 is 17.7 Å². The average Bonchev–Trinajstić information content (AvgIpc) is 2.70. The summed E-state index contributed by atoms with van der Waals surface area (Å²) in [4.78, 5) is 46.8. The summed E-state index contributed by atoms with van der Waals surface area (Å²) in [7, 11) is 1.26. The number of rotatable bonds is 6. The smallest absolute Gasteiger partial charge is 0.410 e. The number of hydrogen-bond donors (Lipinski definition) is 0. The predicted molar refractivity (Wildman–Crippen MR) is 113 cm³/mol. The molecule has 1 aliphatic rings. The summed E-state index contributed by atoms with van der Waals surface area (Å²) in [6.07, 6.45) is 1.83. The first kappa shape index (κ1) is 24.6. The molecule has 2 heterocycles. The van der Waals surface area contributed by atoms with Crippen LogP contribution < -0.4 is 4.90 Å². The Morgan fingerprint density at radius 1 is 1.39 bits per heavy atom. The zero-order valence-corrected chi connectivity index (χ0v) is 19.1. The molecule has 0 spiro atoms. The van der Waals surface area contributed by atoms with E-state index in [4.69, 9.17) is 21.1 Å². The number of likely N-dealkylation sites (tertiary alicyclic amines) is 1. The normalized spacial score (nSPS) is 15.9. The highest BCUT2D eigenvalue weighted by molar-refractivity contribution is 6.28. The molecule has 1 fully saturated rings. The highest BCUT2D eigenvalue weighted by Gasteiger charge is 2.39. The van der Waals surface area contributed by atoms with E-state index in [-0.39, 0.29) is 22.8 Å². The summed E-state index contributed by atoms with van der Waals surface area (Å²) in [5, 5.41) is 11.4. The molecule has 0 N–H and O–H groups in total. The molecule has 0 aromatic carbocycles. The van der Waals surface area contributed by atoms with Gasteiger partial charge in [0.2, 0.25) is 11.1 Å². The van der Waals surface area contributed by atoms with Crippen LogP contribution >= 0.6 is 11.6 Å². The second-order valence-corrected chi connectivity index (χ2v) is 8.50. The van der Waals surface area contributed by atoms with Gasteiger partial charge in [0.25, 0.3) is 0 Å². The maximum Gasteiger partial charge on any atom is 0.410 e. The second-order valence-electron chi connectivity index (χ2n) is 8.16. The number of carbonyl (C=O) groups is 2. The Morgan fingerprint density at radius 2 is 2.00 bits per heavy atom. The Morgan fingerprint density at radius 3 is 2.48 bits per heavy atom. The van der Waals surface area contributed by atoms with Crippen LogP contribution in [0, 0.1) is 10.1 Å².